The van der Waals surface area contributed by atoms with Gasteiger partial charge in [-0.15, -0.1) is 0 Å². The fourth-order valence-electron chi connectivity index (χ4n) is 2.35. The Labute approximate surface area is 115 Å². The molecule has 0 spiro atoms. The van der Waals surface area contributed by atoms with Crippen molar-refractivity contribution in [1.29, 1.82) is 0 Å². The van der Waals surface area contributed by atoms with Gasteiger partial charge in [-0.1, -0.05) is 30.0 Å². The van der Waals surface area contributed by atoms with Gasteiger partial charge in [-0.05, 0) is 50.5 Å². The van der Waals surface area contributed by atoms with Gasteiger partial charge < -0.3 is 9.80 Å². The number of fused-ring (bicyclic) bond motifs is 1. The van der Waals surface area contributed by atoms with Gasteiger partial charge in [-0.25, -0.2) is 0 Å². The summed E-state index contributed by atoms with van der Waals surface area (Å²) in [6.07, 6.45) is 4.64. The Balaban J connectivity index is 2.13. The predicted octanol–water partition coefficient (Wildman–Crippen LogP) is 3.58. The summed E-state index contributed by atoms with van der Waals surface area (Å²) in [5, 5.41) is 2.19. The van der Waals surface area contributed by atoms with Crippen LogP contribution in [0.1, 0.15) is 24.4 Å². The molecule has 1 heterocycles. The minimum absolute atomic E-state index is 0.507. The first kappa shape index (κ1) is 13.5. The maximum atomic E-state index is 2.34. The molecule has 0 bridgehead atoms. The Morgan fingerprint density at radius 2 is 2.06 bits per heavy atom. The Kier molecular flexibility index (Phi) is 4.72. The van der Waals surface area contributed by atoms with Gasteiger partial charge in [0, 0.05) is 18.1 Å². The summed E-state index contributed by atoms with van der Waals surface area (Å²) in [6.45, 7) is 1.16. The molecule has 0 N–H and O–H groups in total. The van der Waals surface area contributed by atoms with E-state index in [1.807, 2.05) is 11.8 Å². The van der Waals surface area contributed by atoms with E-state index in [1.165, 1.54) is 23.3 Å². The molecule has 1 aliphatic heterocycles. The van der Waals surface area contributed by atoms with Crippen LogP contribution in [0.5, 0.6) is 0 Å². The summed E-state index contributed by atoms with van der Waals surface area (Å²) in [4.78, 5) is 6.00. The van der Waals surface area contributed by atoms with Crippen molar-refractivity contribution in [2.45, 2.75) is 23.8 Å². The van der Waals surface area contributed by atoms with Gasteiger partial charge in [0.1, 0.15) is 0 Å². The summed E-state index contributed by atoms with van der Waals surface area (Å²) < 4.78 is 0. The molecule has 1 aromatic carbocycles. The highest BCUT2D eigenvalue weighted by atomic mass is 32.2. The van der Waals surface area contributed by atoms with Crippen molar-refractivity contribution in [1.82, 2.24) is 9.80 Å². The first-order chi connectivity index (χ1) is 8.68. The van der Waals surface area contributed by atoms with Crippen LogP contribution in [0.4, 0.5) is 0 Å². The Hall–Kier alpha value is -0.930. The highest BCUT2D eigenvalue weighted by molar-refractivity contribution is 8.02. The summed E-state index contributed by atoms with van der Waals surface area (Å²) in [5.41, 5.74) is 1.47. The molecule has 0 fully saturated rings. The van der Waals surface area contributed by atoms with Gasteiger partial charge in [-0.2, -0.15) is 0 Å². The number of thioether (sulfide) groups is 1. The third-order valence-electron chi connectivity index (χ3n) is 3.34. The predicted molar refractivity (Wildman–Crippen MR) is 79.7 cm³/mol. The number of benzene rings is 1. The van der Waals surface area contributed by atoms with E-state index in [-0.39, 0.29) is 0 Å². The van der Waals surface area contributed by atoms with Crippen LogP contribution >= 0.6 is 11.8 Å². The maximum Gasteiger partial charge on any atom is 0.0545 e. The second-order valence-electron chi connectivity index (χ2n) is 5.07. The van der Waals surface area contributed by atoms with Gasteiger partial charge in [0.15, 0.2) is 0 Å². The molecular weight excluding hydrogens is 240 g/mol. The second-order valence-corrected chi connectivity index (χ2v) is 6.02. The first-order valence-corrected chi connectivity index (χ1v) is 7.35. The van der Waals surface area contributed by atoms with Gasteiger partial charge in [0.25, 0.3) is 0 Å². The van der Waals surface area contributed by atoms with E-state index in [9.17, 15) is 0 Å². The van der Waals surface area contributed by atoms with Crippen molar-refractivity contribution in [3.63, 3.8) is 0 Å². The number of hydrogen-bond donors (Lipinski definition) is 0. The molecule has 1 atom stereocenters. The zero-order valence-electron chi connectivity index (χ0n) is 11.5. The first-order valence-electron chi connectivity index (χ1n) is 6.47. The monoisotopic (exact) mass is 262 g/mol. The van der Waals surface area contributed by atoms with Gasteiger partial charge in [0.2, 0.25) is 0 Å². The molecule has 0 amide bonds. The fraction of sp³-hybridized carbons (Fsp3) is 0.467. The van der Waals surface area contributed by atoms with Crippen LogP contribution in [0.2, 0.25) is 0 Å². The second kappa shape index (κ2) is 6.30. The number of nitrogens with zero attached hydrogens (tertiary/aromatic N) is 2. The van der Waals surface area contributed by atoms with E-state index >= 15 is 0 Å². The van der Waals surface area contributed by atoms with Crippen molar-refractivity contribution >= 4 is 11.8 Å². The largest absolute Gasteiger partial charge is 0.373 e. The lowest BCUT2D eigenvalue weighted by Gasteiger charge is -2.27. The molecule has 1 unspecified atom stereocenters. The van der Waals surface area contributed by atoms with Crippen LogP contribution in [0.25, 0.3) is 0 Å². The molecule has 2 rings (SSSR count). The molecule has 0 saturated heterocycles. The van der Waals surface area contributed by atoms with Crippen LogP contribution in [-0.4, -0.2) is 37.5 Å². The van der Waals surface area contributed by atoms with Crippen LogP contribution in [0, 0.1) is 0 Å². The lowest BCUT2D eigenvalue weighted by molar-refractivity contribution is 0.292. The topological polar surface area (TPSA) is 6.48 Å². The zero-order chi connectivity index (χ0) is 13.0. The molecule has 1 aliphatic rings. The van der Waals surface area contributed by atoms with Crippen LogP contribution in [0.3, 0.4) is 0 Å². The fourth-order valence-corrected chi connectivity index (χ4v) is 3.24. The number of hydrogen-bond acceptors (Lipinski definition) is 3. The Morgan fingerprint density at radius 1 is 1.28 bits per heavy atom. The average molecular weight is 262 g/mol. The van der Waals surface area contributed by atoms with Gasteiger partial charge in [0.05, 0.1) is 6.04 Å². The molecule has 1 aromatic rings. The molecule has 0 radical (unpaired) electrons. The molecule has 3 heteroatoms. The van der Waals surface area contributed by atoms with Crippen molar-refractivity contribution in [3.8, 4) is 0 Å². The van der Waals surface area contributed by atoms with Crippen molar-refractivity contribution in [2.24, 2.45) is 0 Å². The minimum atomic E-state index is 0.507. The van der Waals surface area contributed by atoms with E-state index in [4.69, 9.17) is 0 Å². The van der Waals surface area contributed by atoms with Crippen molar-refractivity contribution in [3.05, 3.63) is 41.4 Å². The molecule has 0 saturated carbocycles. The van der Waals surface area contributed by atoms with Gasteiger partial charge >= 0.3 is 0 Å². The van der Waals surface area contributed by atoms with E-state index in [1.54, 1.807) is 0 Å². The Bertz CT molecular complexity index is 415. The van der Waals surface area contributed by atoms with Crippen molar-refractivity contribution in [2.75, 3.05) is 27.7 Å². The molecule has 0 aliphatic carbocycles. The third-order valence-corrected chi connectivity index (χ3v) is 4.23. The van der Waals surface area contributed by atoms with Crippen LogP contribution < -0.4 is 0 Å². The molecule has 18 heavy (non-hydrogen) atoms. The minimum Gasteiger partial charge on any atom is -0.373 e. The lowest BCUT2D eigenvalue weighted by Crippen LogP contribution is -2.21. The summed E-state index contributed by atoms with van der Waals surface area (Å²) in [7, 11) is 6.46. The smallest absolute Gasteiger partial charge is 0.0545 e. The van der Waals surface area contributed by atoms with Gasteiger partial charge in [-0.3, -0.25) is 0 Å². The lowest BCUT2D eigenvalue weighted by atomic mass is 10.0. The molecule has 2 nitrogen and oxygen atoms in total. The molecule has 98 valence electrons. The van der Waals surface area contributed by atoms with E-state index in [0.717, 1.165) is 6.54 Å². The summed E-state index contributed by atoms with van der Waals surface area (Å²) in [6, 6.07) is 9.28. The maximum absolute atomic E-state index is 2.34. The summed E-state index contributed by atoms with van der Waals surface area (Å²) in [5.74, 6) is 0. The quantitative estimate of drug-likeness (QED) is 0.819. The van der Waals surface area contributed by atoms with E-state index < -0.39 is 0 Å². The van der Waals surface area contributed by atoms with Crippen molar-refractivity contribution < 1.29 is 0 Å². The third kappa shape index (κ3) is 3.30. The summed E-state index contributed by atoms with van der Waals surface area (Å²) >= 11 is 1.82. The number of rotatable bonds is 4. The van der Waals surface area contributed by atoms with Crippen LogP contribution in [0.15, 0.2) is 40.8 Å². The van der Waals surface area contributed by atoms with E-state index in [0.29, 0.717) is 6.04 Å². The highest BCUT2D eigenvalue weighted by Gasteiger charge is 2.19. The van der Waals surface area contributed by atoms with Crippen LogP contribution in [-0.2, 0) is 0 Å². The molecular formula is C15H22N2S. The van der Waals surface area contributed by atoms with E-state index in [2.05, 4.69) is 66.8 Å². The SMILES string of the molecule is CN(C)CCCC1c2ccccc2SC=CN1C. The standard InChI is InChI=1S/C15H22N2S/c1-16(2)10-6-8-14-13-7-4-5-9-15(13)18-12-11-17(14)3/h4-5,7,9,11-12,14H,6,8,10H2,1-3H3. The normalized spacial score (nSPS) is 18.9. The average Bonchev–Trinajstić information content (AvgIpc) is 2.49. The Morgan fingerprint density at radius 3 is 2.83 bits per heavy atom. The molecule has 0 aromatic heterocycles. The highest BCUT2D eigenvalue weighted by Crippen LogP contribution is 2.36. The zero-order valence-corrected chi connectivity index (χ0v) is 12.3.